The van der Waals surface area contributed by atoms with E-state index in [9.17, 15) is 9.59 Å². The van der Waals surface area contributed by atoms with Crippen molar-refractivity contribution < 1.29 is 14.7 Å². The van der Waals surface area contributed by atoms with Gasteiger partial charge >= 0.3 is 5.97 Å². The molecule has 1 aromatic rings. The predicted octanol–water partition coefficient (Wildman–Crippen LogP) is -0.181. The Hall–Kier alpha value is -1.99. The summed E-state index contributed by atoms with van der Waals surface area (Å²) >= 11 is 0. The first-order valence-electron chi connectivity index (χ1n) is 6.97. The van der Waals surface area contributed by atoms with Gasteiger partial charge in [0.15, 0.2) is 0 Å². The van der Waals surface area contributed by atoms with Gasteiger partial charge in [-0.25, -0.2) is 9.78 Å². The number of likely N-dealkylation sites (tertiary alicyclic amines) is 1. The molecule has 1 amide bonds. The molecule has 4 N–H and O–H groups in total. The van der Waals surface area contributed by atoms with E-state index in [1.165, 1.54) is 12.3 Å². The number of carboxylic acid groups (broad SMARTS) is 1. The third-order valence-electron chi connectivity index (χ3n) is 3.53. The van der Waals surface area contributed by atoms with Crippen molar-refractivity contribution in [2.75, 3.05) is 19.6 Å². The van der Waals surface area contributed by atoms with Gasteiger partial charge in [-0.3, -0.25) is 9.69 Å². The highest BCUT2D eigenvalue weighted by Crippen LogP contribution is 2.07. The van der Waals surface area contributed by atoms with Crippen LogP contribution in [-0.2, 0) is 11.3 Å². The largest absolute Gasteiger partial charge is 0.477 e. The monoisotopic (exact) mass is 292 g/mol. The summed E-state index contributed by atoms with van der Waals surface area (Å²) in [7, 11) is 0. The van der Waals surface area contributed by atoms with E-state index in [0.717, 1.165) is 31.5 Å². The molecule has 0 atom stereocenters. The number of amides is 1. The number of nitrogens with one attached hydrogen (secondary N) is 1. The summed E-state index contributed by atoms with van der Waals surface area (Å²) in [5.74, 6) is -1.11. The molecule has 0 radical (unpaired) electrons. The molecule has 1 saturated heterocycles. The van der Waals surface area contributed by atoms with Gasteiger partial charge in [0.1, 0.15) is 5.69 Å². The number of pyridine rings is 1. The number of nitrogens with two attached hydrogens (primary N) is 1. The zero-order valence-corrected chi connectivity index (χ0v) is 11.8. The number of carbonyl (C=O) groups is 2. The van der Waals surface area contributed by atoms with Gasteiger partial charge < -0.3 is 16.2 Å². The van der Waals surface area contributed by atoms with Crippen molar-refractivity contribution in [2.24, 2.45) is 5.73 Å². The van der Waals surface area contributed by atoms with Crippen LogP contribution in [0.1, 0.15) is 28.9 Å². The van der Waals surface area contributed by atoms with Crippen molar-refractivity contribution in [3.63, 3.8) is 0 Å². The zero-order chi connectivity index (χ0) is 15.2. The van der Waals surface area contributed by atoms with E-state index < -0.39 is 5.97 Å². The molecule has 7 heteroatoms. The van der Waals surface area contributed by atoms with E-state index in [1.807, 2.05) is 0 Å². The SMILES string of the molecule is NC1CCN(CC(=O)NCc2ccc(C(=O)O)nc2)CC1. The molecule has 0 aromatic carbocycles. The zero-order valence-electron chi connectivity index (χ0n) is 11.8. The number of hydrogen-bond acceptors (Lipinski definition) is 5. The fourth-order valence-electron chi connectivity index (χ4n) is 2.23. The minimum Gasteiger partial charge on any atom is -0.477 e. The Balaban J connectivity index is 1.74. The summed E-state index contributed by atoms with van der Waals surface area (Å²) in [6, 6.07) is 3.33. The summed E-state index contributed by atoms with van der Waals surface area (Å²) in [6.07, 6.45) is 3.31. The predicted molar refractivity (Wildman–Crippen MR) is 76.7 cm³/mol. The Morgan fingerprint density at radius 3 is 2.67 bits per heavy atom. The highest BCUT2D eigenvalue weighted by atomic mass is 16.4. The Bertz CT molecular complexity index is 495. The molecule has 0 spiro atoms. The van der Waals surface area contributed by atoms with Crippen LogP contribution in [-0.4, -0.2) is 52.5 Å². The van der Waals surface area contributed by atoms with Crippen LogP contribution >= 0.6 is 0 Å². The van der Waals surface area contributed by atoms with Gasteiger partial charge in [-0.05, 0) is 24.5 Å². The van der Waals surface area contributed by atoms with Gasteiger partial charge in [0.25, 0.3) is 0 Å². The molecule has 0 saturated carbocycles. The van der Waals surface area contributed by atoms with E-state index in [1.54, 1.807) is 6.07 Å². The fraction of sp³-hybridized carbons (Fsp3) is 0.500. The number of hydrogen-bond donors (Lipinski definition) is 3. The Morgan fingerprint density at radius 2 is 2.10 bits per heavy atom. The molecule has 2 rings (SSSR count). The van der Waals surface area contributed by atoms with Gasteiger partial charge in [0, 0.05) is 31.9 Å². The van der Waals surface area contributed by atoms with Crippen LogP contribution in [0.3, 0.4) is 0 Å². The number of piperidine rings is 1. The molecular formula is C14H20N4O3. The lowest BCUT2D eigenvalue weighted by Gasteiger charge is -2.29. The lowest BCUT2D eigenvalue weighted by atomic mass is 10.1. The Kier molecular flexibility index (Phi) is 5.24. The number of nitrogens with zero attached hydrogens (tertiary/aromatic N) is 2. The Labute approximate surface area is 123 Å². The normalized spacial score (nSPS) is 16.6. The summed E-state index contributed by atoms with van der Waals surface area (Å²) in [5, 5.41) is 11.6. The third kappa shape index (κ3) is 4.80. The molecule has 7 nitrogen and oxygen atoms in total. The van der Waals surface area contributed by atoms with Crippen molar-refractivity contribution in [2.45, 2.75) is 25.4 Å². The standard InChI is InChI=1S/C14H20N4O3/c15-11-3-5-18(6-4-11)9-13(19)17-8-10-1-2-12(14(20)21)16-7-10/h1-2,7,11H,3-6,8-9,15H2,(H,17,19)(H,20,21). The van der Waals surface area contributed by atoms with Crippen LogP contribution in [0.15, 0.2) is 18.3 Å². The topological polar surface area (TPSA) is 109 Å². The van der Waals surface area contributed by atoms with Crippen LogP contribution < -0.4 is 11.1 Å². The Morgan fingerprint density at radius 1 is 1.38 bits per heavy atom. The number of aromatic carboxylic acids is 1. The first-order valence-corrected chi connectivity index (χ1v) is 6.97. The van der Waals surface area contributed by atoms with Gasteiger partial charge in [0.05, 0.1) is 6.54 Å². The van der Waals surface area contributed by atoms with Crippen LogP contribution in [0.4, 0.5) is 0 Å². The quantitative estimate of drug-likeness (QED) is 0.694. The average molecular weight is 292 g/mol. The van der Waals surface area contributed by atoms with E-state index in [2.05, 4.69) is 15.2 Å². The number of aromatic nitrogens is 1. The summed E-state index contributed by atoms with van der Waals surface area (Å²) in [6.45, 7) is 2.42. The maximum absolute atomic E-state index is 11.8. The second-order valence-corrected chi connectivity index (χ2v) is 5.25. The minimum absolute atomic E-state index is 0.00488. The maximum atomic E-state index is 11.8. The molecule has 2 heterocycles. The van der Waals surface area contributed by atoms with E-state index in [0.29, 0.717) is 13.1 Å². The van der Waals surface area contributed by atoms with Crippen molar-refractivity contribution in [3.05, 3.63) is 29.6 Å². The molecule has 0 bridgehead atoms. The first kappa shape index (κ1) is 15.4. The lowest BCUT2D eigenvalue weighted by Crippen LogP contribution is -2.44. The molecule has 1 aliphatic rings. The highest BCUT2D eigenvalue weighted by Gasteiger charge is 2.17. The molecule has 21 heavy (non-hydrogen) atoms. The number of rotatable bonds is 5. The number of carbonyl (C=O) groups excluding carboxylic acids is 1. The second-order valence-electron chi connectivity index (χ2n) is 5.25. The summed E-state index contributed by atoms with van der Waals surface area (Å²) in [4.78, 5) is 28.4. The molecule has 1 fully saturated rings. The fourth-order valence-corrected chi connectivity index (χ4v) is 2.23. The van der Waals surface area contributed by atoms with E-state index >= 15 is 0 Å². The van der Waals surface area contributed by atoms with Gasteiger partial charge in [-0.1, -0.05) is 6.07 Å². The van der Waals surface area contributed by atoms with Crippen LogP contribution in [0.25, 0.3) is 0 Å². The van der Waals surface area contributed by atoms with Crippen molar-refractivity contribution in [1.82, 2.24) is 15.2 Å². The van der Waals surface area contributed by atoms with Gasteiger partial charge in [-0.15, -0.1) is 0 Å². The van der Waals surface area contributed by atoms with E-state index in [4.69, 9.17) is 10.8 Å². The molecule has 0 unspecified atom stereocenters. The smallest absolute Gasteiger partial charge is 0.354 e. The summed E-state index contributed by atoms with van der Waals surface area (Å²) in [5.41, 5.74) is 6.59. The van der Waals surface area contributed by atoms with E-state index in [-0.39, 0.29) is 17.6 Å². The van der Waals surface area contributed by atoms with Crippen molar-refractivity contribution in [3.8, 4) is 0 Å². The number of carboxylic acids is 1. The third-order valence-corrected chi connectivity index (χ3v) is 3.53. The molecule has 114 valence electrons. The van der Waals surface area contributed by atoms with Gasteiger partial charge in [0.2, 0.25) is 5.91 Å². The second kappa shape index (κ2) is 7.14. The minimum atomic E-state index is -1.06. The molecule has 0 aliphatic carbocycles. The lowest BCUT2D eigenvalue weighted by molar-refractivity contribution is -0.122. The molecular weight excluding hydrogens is 272 g/mol. The van der Waals surface area contributed by atoms with Crippen LogP contribution in [0.2, 0.25) is 0 Å². The van der Waals surface area contributed by atoms with Crippen LogP contribution in [0.5, 0.6) is 0 Å². The highest BCUT2D eigenvalue weighted by molar-refractivity contribution is 5.85. The maximum Gasteiger partial charge on any atom is 0.354 e. The first-order chi connectivity index (χ1) is 10.0. The molecule has 1 aliphatic heterocycles. The van der Waals surface area contributed by atoms with Crippen molar-refractivity contribution in [1.29, 1.82) is 0 Å². The average Bonchev–Trinajstić information content (AvgIpc) is 2.48. The van der Waals surface area contributed by atoms with Gasteiger partial charge in [-0.2, -0.15) is 0 Å². The van der Waals surface area contributed by atoms with Crippen molar-refractivity contribution >= 4 is 11.9 Å². The van der Waals surface area contributed by atoms with Crippen LogP contribution in [0, 0.1) is 0 Å². The molecule has 1 aromatic heterocycles. The summed E-state index contributed by atoms with van der Waals surface area (Å²) < 4.78 is 0.